The molecule has 0 saturated heterocycles. The van der Waals surface area contributed by atoms with Gasteiger partial charge in [0.15, 0.2) is 0 Å². The summed E-state index contributed by atoms with van der Waals surface area (Å²) in [7, 11) is 0. The third-order valence-corrected chi connectivity index (χ3v) is 5.44. The van der Waals surface area contributed by atoms with Crippen molar-refractivity contribution in [1.29, 1.82) is 0 Å². The van der Waals surface area contributed by atoms with Gasteiger partial charge in [0, 0.05) is 30.0 Å². The number of benzene rings is 3. The van der Waals surface area contributed by atoms with Crippen molar-refractivity contribution in [2.75, 3.05) is 16.8 Å². The average molecular weight is 417 g/mol. The van der Waals surface area contributed by atoms with E-state index in [1.807, 2.05) is 49.4 Å². The van der Waals surface area contributed by atoms with E-state index in [0.29, 0.717) is 29.9 Å². The maximum atomic E-state index is 13.7. The minimum absolute atomic E-state index is 0.0216. The van der Waals surface area contributed by atoms with Crippen LogP contribution in [0.15, 0.2) is 60.7 Å². The minimum Gasteiger partial charge on any atom is -0.334 e. The maximum Gasteiger partial charge on any atom is 0.319 e. The van der Waals surface area contributed by atoms with Crippen molar-refractivity contribution >= 4 is 23.3 Å². The molecule has 0 unspecified atom stereocenters. The number of urea groups is 1. The van der Waals surface area contributed by atoms with Crippen LogP contribution < -0.4 is 15.5 Å². The summed E-state index contributed by atoms with van der Waals surface area (Å²) in [5.41, 5.74) is 5.51. The summed E-state index contributed by atoms with van der Waals surface area (Å²) < 4.78 is 13.7. The number of aryl methyl sites for hydroxylation is 2. The Labute approximate surface area is 180 Å². The van der Waals surface area contributed by atoms with Gasteiger partial charge in [-0.1, -0.05) is 35.9 Å². The van der Waals surface area contributed by atoms with E-state index in [1.165, 1.54) is 6.07 Å². The zero-order valence-electron chi connectivity index (χ0n) is 17.5. The van der Waals surface area contributed by atoms with E-state index < -0.39 is 6.03 Å². The van der Waals surface area contributed by atoms with Crippen LogP contribution in [-0.4, -0.2) is 18.5 Å². The second kappa shape index (κ2) is 8.60. The van der Waals surface area contributed by atoms with Gasteiger partial charge >= 0.3 is 6.03 Å². The topological polar surface area (TPSA) is 61.4 Å². The maximum absolute atomic E-state index is 13.7. The standard InChI is InChI=1S/C25H24FN3O2/c1-16-4-3-5-20(12-16)24(30)29-11-10-19-8-7-18(13-23(19)29)15-27-25(31)28-21-9-6-17(2)22(26)14-21/h3-9,12-14H,10-11,15H2,1-2H3,(H2,27,28,31). The molecule has 4 rings (SSSR count). The molecule has 0 saturated carbocycles. The van der Waals surface area contributed by atoms with Crippen LogP contribution in [0.2, 0.25) is 0 Å². The summed E-state index contributed by atoms with van der Waals surface area (Å²) in [6.45, 7) is 4.56. The van der Waals surface area contributed by atoms with Crippen molar-refractivity contribution in [3.8, 4) is 0 Å². The molecule has 2 N–H and O–H groups in total. The Morgan fingerprint density at radius 2 is 1.87 bits per heavy atom. The van der Waals surface area contributed by atoms with Gasteiger partial charge in [-0.2, -0.15) is 0 Å². The average Bonchev–Trinajstić information content (AvgIpc) is 3.17. The van der Waals surface area contributed by atoms with Gasteiger partial charge in [0.25, 0.3) is 5.91 Å². The molecular formula is C25H24FN3O2. The van der Waals surface area contributed by atoms with Gasteiger partial charge in [0.05, 0.1) is 0 Å². The molecule has 3 amide bonds. The molecule has 0 atom stereocenters. The van der Waals surface area contributed by atoms with Gasteiger partial charge in [-0.05, 0) is 67.3 Å². The minimum atomic E-state index is -0.420. The summed E-state index contributed by atoms with van der Waals surface area (Å²) in [5, 5.41) is 5.41. The summed E-state index contributed by atoms with van der Waals surface area (Å²) in [6.07, 6.45) is 0.806. The molecule has 5 nitrogen and oxygen atoms in total. The number of carbonyl (C=O) groups is 2. The van der Waals surface area contributed by atoms with Crippen molar-refractivity contribution in [3.63, 3.8) is 0 Å². The van der Waals surface area contributed by atoms with E-state index in [-0.39, 0.29) is 11.7 Å². The lowest BCUT2D eigenvalue weighted by molar-refractivity contribution is 0.0989. The van der Waals surface area contributed by atoms with E-state index in [9.17, 15) is 14.0 Å². The lowest BCUT2D eigenvalue weighted by Crippen LogP contribution is -2.29. The smallest absolute Gasteiger partial charge is 0.319 e. The second-order valence-corrected chi connectivity index (χ2v) is 7.81. The number of nitrogens with zero attached hydrogens (tertiary/aromatic N) is 1. The lowest BCUT2D eigenvalue weighted by Gasteiger charge is -2.18. The van der Waals surface area contributed by atoms with Gasteiger partial charge in [0.1, 0.15) is 5.82 Å². The number of hydrogen-bond acceptors (Lipinski definition) is 2. The first kappa shape index (κ1) is 20.6. The van der Waals surface area contributed by atoms with Crippen molar-refractivity contribution in [1.82, 2.24) is 5.32 Å². The second-order valence-electron chi connectivity index (χ2n) is 7.81. The predicted molar refractivity (Wildman–Crippen MR) is 120 cm³/mol. The summed E-state index contributed by atoms with van der Waals surface area (Å²) in [4.78, 5) is 27.0. The molecule has 0 spiro atoms. The van der Waals surface area contributed by atoms with Crippen LogP contribution in [0.4, 0.5) is 20.6 Å². The van der Waals surface area contributed by atoms with Crippen LogP contribution in [0.3, 0.4) is 0 Å². The van der Waals surface area contributed by atoms with Crippen LogP contribution in [0.1, 0.15) is 32.6 Å². The molecule has 1 aliphatic heterocycles. The third kappa shape index (κ3) is 4.58. The Kier molecular flexibility index (Phi) is 5.71. The van der Waals surface area contributed by atoms with Crippen molar-refractivity contribution in [3.05, 3.63) is 94.3 Å². The highest BCUT2D eigenvalue weighted by molar-refractivity contribution is 6.07. The van der Waals surface area contributed by atoms with E-state index >= 15 is 0 Å². The molecule has 3 aromatic rings. The Morgan fingerprint density at radius 1 is 1.03 bits per heavy atom. The molecular weight excluding hydrogens is 393 g/mol. The third-order valence-electron chi connectivity index (χ3n) is 5.44. The molecule has 158 valence electrons. The zero-order chi connectivity index (χ0) is 22.0. The number of anilines is 2. The van der Waals surface area contributed by atoms with E-state index in [2.05, 4.69) is 10.6 Å². The van der Waals surface area contributed by atoms with Gasteiger partial charge in [-0.15, -0.1) is 0 Å². The first-order valence-electron chi connectivity index (χ1n) is 10.2. The van der Waals surface area contributed by atoms with E-state index in [4.69, 9.17) is 0 Å². The Hall–Kier alpha value is -3.67. The lowest BCUT2D eigenvalue weighted by atomic mass is 10.1. The molecule has 1 aliphatic rings. The van der Waals surface area contributed by atoms with Gasteiger partial charge < -0.3 is 15.5 Å². The molecule has 0 bridgehead atoms. The Balaban J connectivity index is 1.43. The number of hydrogen-bond donors (Lipinski definition) is 2. The molecule has 6 heteroatoms. The number of nitrogens with one attached hydrogen (secondary N) is 2. The van der Waals surface area contributed by atoms with Crippen LogP contribution in [0.5, 0.6) is 0 Å². The van der Waals surface area contributed by atoms with Gasteiger partial charge in [0.2, 0.25) is 0 Å². The molecule has 0 fully saturated rings. The fourth-order valence-electron chi connectivity index (χ4n) is 3.71. The highest BCUT2D eigenvalue weighted by atomic mass is 19.1. The molecule has 3 aromatic carbocycles. The Bertz CT molecular complexity index is 1160. The summed E-state index contributed by atoms with van der Waals surface area (Å²) in [5.74, 6) is -0.388. The van der Waals surface area contributed by atoms with Crippen molar-refractivity contribution in [2.45, 2.75) is 26.8 Å². The number of halogens is 1. The number of amides is 3. The van der Waals surface area contributed by atoms with E-state index in [1.54, 1.807) is 24.0 Å². The summed E-state index contributed by atoms with van der Waals surface area (Å²) in [6, 6.07) is 17.6. The van der Waals surface area contributed by atoms with Crippen LogP contribution >= 0.6 is 0 Å². The predicted octanol–water partition coefficient (Wildman–Crippen LogP) is 4.97. The number of fused-ring (bicyclic) bond motifs is 1. The molecule has 1 heterocycles. The largest absolute Gasteiger partial charge is 0.334 e. The fraction of sp³-hybridized carbons (Fsp3) is 0.200. The fourth-order valence-corrected chi connectivity index (χ4v) is 3.71. The monoisotopic (exact) mass is 417 g/mol. The first-order chi connectivity index (χ1) is 14.9. The highest BCUT2D eigenvalue weighted by Crippen LogP contribution is 2.30. The highest BCUT2D eigenvalue weighted by Gasteiger charge is 2.25. The molecule has 31 heavy (non-hydrogen) atoms. The van der Waals surface area contributed by atoms with Crippen molar-refractivity contribution < 1.29 is 14.0 Å². The normalized spacial score (nSPS) is 12.4. The molecule has 0 aliphatic carbocycles. The Morgan fingerprint density at radius 3 is 2.65 bits per heavy atom. The van der Waals surface area contributed by atoms with Crippen molar-refractivity contribution in [2.24, 2.45) is 0 Å². The van der Waals surface area contributed by atoms with Crippen LogP contribution in [0.25, 0.3) is 0 Å². The zero-order valence-corrected chi connectivity index (χ0v) is 17.5. The van der Waals surface area contributed by atoms with Gasteiger partial charge in [-0.25, -0.2) is 9.18 Å². The number of rotatable bonds is 4. The van der Waals surface area contributed by atoms with Gasteiger partial charge in [-0.3, -0.25) is 4.79 Å². The SMILES string of the molecule is Cc1cccc(C(=O)N2CCc3ccc(CNC(=O)Nc4ccc(C)c(F)c4)cc32)c1. The quantitative estimate of drug-likeness (QED) is 0.630. The number of carbonyl (C=O) groups excluding carboxylic acids is 2. The molecule has 0 aromatic heterocycles. The first-order valence-corrected chi connectivity index (χ1v) is 10.2. The van der Waals surface area contributed by atoms with E-state index in [0.717, 1.165) is 28.8 Å². The van der Waals surface area contributed by atoms with Crippen LogP contribution in [0, 0.1) is 19.7 Å². The summed E-state index contributed by atoms with van der Waals surface area (Å²) >= 11 is 0. The molecule has 0 radical (unpaired) electrons. The van der Waals surface area contributed by atoms with Crippen LogP contribution in [-0.2, 0) is 13.0 Å².